The third-order valence-electron chi connectivity index (χ3n) is 3.63. The molecule has 0 aliphatic carbocycles. The van der Waals surface area contributed by atoms with Crippen molar-refractivity contribution < 1.29 is 0 Å². The Morgan fingerprint density at radius 1 is 1.29 bits per heavy atom. The van der Waals surface area contributed by atoms with Crippen LogP contribution in [0.4, 0.5) is 0 Å². The summed E-state index contributed by atoms with van der Waals surface area (Å²) in [5, 5.41) is 3.32. The van der Waals surface area contributed by atoms with E-state index >= 15 is 0 Å². The molecule has 1 heterocycles. The van der Waals surface area contributed by atoms with Gasteiger partial charge >= 0.3 is 0 Å². The van der Waals surface area contributed by atoms with Gasteiger partial charge in [0.2, 0.25) is 0 Å². The molecular weight excluding hydrogens is 210 g/mol. The molecule has 3 heteroatoms. The maximum Gasteiger partial charge on any atom is 0.111 e. The van der Waals surface area contributed by atoms with Crippen LogP contribution in [0.1, 0.15) is 36.8 Å². The Bertz CT molecular complexity index is 358. The summed E-state index contributed by atoms with van der Waals surface area (Å²) in [6, 6.07) is 9.00. The van der Waals surface area contributed by atoms with Crippen molar-refractivity contribution in [2.24, 2.45) is 5.73 Å². The van der Waals surface area contributed by atoms with Crippen LogP contribution in [0, 0.1) is 0 Å². The smallest absolute Gasteiger partial charge is 0.111 e. The number of hydrogen-bond donors (Lipinski definition) is 2. The molecular formula is C14H23N3. The molecule has 2 atom stereocenters. The molecule has 0 radical (unpaired) electrons. The molecule has 2 rings (SSSR count). The lowest BCUT2D eigenvalue weighted by Crippen LogP contribution is -2.57. The first-order chi connectivity index (χ1) is 8.08. The monoisotopic (exact) mass is 233 g/mol. The topological polar surface area (TPSA) is 41.3 Å². The number of nitrogens with two attached hydrogens (primary N) is 1. The molecule has 3 nitrogen and oxygen atoms in total. The van der Waals surface area contributed by atoms with Gasteiger partial charge in [-0.15, -0.1) is 0 Å². The summed E-state index contributed by atoms with van der Waals surface area (Å²) in [6.45, 7) is 6.44. The molecule has 2 unspecified atom stereocenters. The van der Waals surface area contributed by atoms with Gasteiger partial charge in [-0.2, -0.15) is 0 Å². The Hall–Kier alpha value is -0.900. The predicted molar refractivity (Wildman–Crippen MR) is 71.9 cm³/mol. The first-order valence-corrected chi connectivity index (χ1v) is 6.37. The van der Waals surface area contributed by atoms with Crippen LogP contribution in [-0.4, -0.2) is 31.3 Å². The minimum atomic E-state index is 0.00110. The highest BCUT2D eigenvalue weighted by atomic mass is 15.3. The van der Waals surface area contributed by atoms with Crippen LogP contribution in [0.5, 0.6) is 0 Å². The van der Waals surface area contributed by atoms with Crippen molar-refractivity contribution in [3.63, 3.8) is 0 Å². The normalized spacial score (nSPS) is 26.4. The first kappa shape index (κ1) is 12.6. The minimum absolute atomic E-state index is 0.00110. The summed E-state index contributed by atoms with van der Waals surface area (Å²) in [6.07, 6.45) is 0.00110. The maximum absolute atomic E-state index is 5.90. The number of nitrogens with zero attached hydrogens (tertiary/aromatic N) is 1. The van der Waals surface area contributed by atoms with E-state index in [1.165, 1.54) is 11.1 Å². The lowest BCUT2D eigenvalue weighted by Gasteiger charge is -2.36. The lowest BCUT2D eigenvalue weighted by atomic mass is 9.94. The van der Waals surface area contributed by atoms with Gasteiger partial charge in [-0.1, -0.05) is 38.1 Å². The van der Waals surface area contributed by atoms with E-state index in [0.717, 1.165) is 13.1 Å². The molecule has 1 fully saturated rings. The standard InChI is InChI=1S/C14H23N3/c1-10(2)11-4-6-12(7-5-11)13-8-16-14(15)17(3)9-13/h4-7,10,13-14,16H,8-9,15H2,1-3H3. The summed E-state index contributed by atoms with van der Waals surface area (Å²) in [4.78, 5) is 2.16. The van der Waals surface area contributed by atoms with Crippen LogP contribution in [0.3, 0.4) is 0 Å². The zero-order chi connectivity index (χ0) is 12.4. The molecule has 1 aromatic carbocycles. The van der Waals surface area contributed by atoms with Crippen LogP contribution in [0.25, 0.3) is 0 Å². The van der Waals surface area contributed by atoms with Crippen molar-refractivity contribution in [2.75, 3.05) is 20.1 Å². The van der Waals surface area contributed by atoms with Gasteiger partial charge in [-0.25, -0.2) is 0 Å². The fourth-order valence-corrected chi connectivity index (χ4v) is 2.32. The average Bonchev–Trinajstić information content (AvgIpc) is 2.33. The summed E-state index contributed by atoms with van der Waals surface area (Å²) in [5.41, 5.74) is 8.71. The van der Waals surface area contributed by atoms with E-state index in [2.05, 4.69) is 55.4 Å². The zero-order valence-electron chi connectivity index (χ0n) is 11.0. The quantitative estimate of drug-likeness (QED) is 0.816. The second-order valence-corrected chi connectivity index (χ2v) is 5.31. The maximum atomic E-state index is 5.90. The molecule has 17 heavy (non-hydrogen) atoms. The van der Waals surface area contributed by atoms with Crippen molar-refractivity contribution >= 4 is 0 Å². The van der Waals surface area contributed by atoms with Crippen molar-refractivity contribution in [2.45, 2.75) is 32.0 Å². The van der Waals surface area contributed by atoms with Crippen LogP contribution in [0.15, 0.2) is 24.3 Å². The Morgan fingerprint density at radius 3 is 2.47 bits per heavy atom. The van der Waals surface area contributed by atoms with E-state index in [-0.39, 0.29) is 6.29 Å². The van der Waals surface area contributed by atoms with Crippen molar-refractivity contribution in [1.29, 1.82) is 0 Å². The molecule has 0 saturated carbocycles. The number of likely N-dealkylation sites (N-methyl/N-ethyl adjacent to an activating group) is 1. The van der Waals surface area contributed by atoms with Crippen LogP contribution in [0.2, 0.25) is 0 Å². The fraction of sp³-hybridized carbons (Fsp3) is 0.571. The highest BCUT2D eigenvalue weighted by Crippen LogP contribution is 2.22. The first-order valence-electron chi connectivity index (χ1n) is 6.37. The number of benzene rings is 1. The summed E-state index contributed by atoms with van der Waals surface area (Å²) in [5.74, 6) is 1.14. The SMILES string of the molecule is CC(C)c1ccc(C2CNC(N)N(C)C2)cc1. The van der Waals surface area contributed by atoms with E-state index < -0.39 is 0 Å². The van der Waals surface area contributed by atoms with Crippen molar-refractivity contribution in [1.82, 2.24) is 10.2 Å². The Kier molecular flexibility index (Phi) is 3.82. The molecule has 1 aromatic rings. The largest absolute Gasteiger partial charge is 0.303 e. The summed E-state index contributed by atoms with van der Waals surface area (Å²) >= 11 is 0. The van der Waals surface area contributed by atoms with Gasteiger partial charge in [0.15, 0.2) is 0 Å². The third kappa shape index (κ3) is 2.86. The summed E-state index contributed by atoms with van der Waals surface area (Å²) in [7, 11) is 2.06. The molecule has 0 bridgehead atoms. The van der Waals surface area contributed by atoms with Gasteiger partial charge < -0.3 is 5.73 Å². The number of hydrogen-bond acceptors (Lipinski definition) is 3. The highest BCUT2D eigenvalue weighted by Gasteiger charge is 2.23. The van der Waals surface area contributed by atoms with Gasteiger partial charge in [-0.3, -0.25) is 10.2 Å². The van der Waals surface area contributed by atoms with E-state index in [1.54, 1.807) is 0 Å². The van der Waals surface area contributed by atoms with E-state index in [0.29, 0.717) is 11.8 Å². The average molecular weight is 233 g/mol. The Labute approximate surface area is 104 Å². The van der Waals surface area contributed by atoms with Crippen LogP contribution < -0.4 is 11.1 Å². The van der Waals surface area contributed by atoms with Gasteiger partial charge in [0, 0.05) is 19.0 Å². The number of nitrogens with one attached hydrogen (secondary N) is 1. The fourth-order valence-electron chi connectivity index (χ4n) is 2.32. The highest BCUT2D eigenvalue weighted by molar-refractivity contribution is 5.28. The van der Waals surface area contributed by atoms with E-state index in [4.69, 9.17) is 5.73 Å². The van der Waals surface area contributed by atoms with Crippen molar-refractivity contribution in [3.05, 3.63) is 35.4 Å². The van der Waals surface area contributed by atoms with Crippen LogP contribution >= 0.6 is 0 Å². The predicted octanol–water partition coefficient (Wildman–Crippen LogP) is 1.67. The van der Waals surface area contributed by atoms with E-state index in [1.807, 2.05) is 0 Å². The molecule has 0 aromatic heterocycles. The van der Waals surface area contributed by atoms with Gasteiger partial charge in [0.1, 0.15) is 6.29 Å². The van der Waals surface area contributed by atoms with Crippen molar-refractivity contribution in [3.8, 4) is 0 Å². The lowest BCUT2D eigenvalue weighted by molar-refractivity contribution is 0.154. The van der Waals surface area contributed by atoms with E-state index in [9.17, 15) is 0 Å². The van der Waals surface area contributed by atoms with Crippen LogP contribution in [-0.2, 0) is 0 Å². The third-order valence-corrected chi connectivity index (χ3v) is 3.63. The number of rotatable bonds is 2. The molecule has 1 aliphatic heterocycles. The molecule has 1 aliphatic rings. The second-order valence-electron chi connectivity index (χ2n) is 5.31. The Morgan fingerprint density at radius 2 is 1.94 bits per heavy atom. The summed E-state index contributed by atoms with van der Waals surface area (Å²) < 4.78 is 0. The molecule has 94 valence electrons. The minimum Gasteiger partial charge on any atom is -0.303 e. The molecule has 1 saturated heterocycles. The molecule has 0 amide bonds. The van der Waals surface area contributed by atoms with Gasteiger partial charge in [-0.05, 0) is 24.1 Å². The molecule has 3 N–H and O–H groups in total. The Balaban J connectivity index is 2.07. The van der Waals surface area contributed by atoms with Gasteiger partial charge in [0.25, 0.3) is 0 Å². The zero-order valence-corrected chi connectivity index (χ0v) is 11.0. The van der Waals surface area contributed by atoms with Gasteiger partial charge in [0.05, 0.1) is 0 Å². The molecule has 0 spiro atoms. The second kappa shape index (κ2) is 5.17.